The van der Waals surface area contributed by atoms with Crippen molar-refractivity contribution in [3.8, 4) is 5.75 Å². The van der Waals surface area contributed by atoms with Crippen LogP contribution < -0.4 is 15.8 Å². The average molecular weight is 338 g/mol. The van der Waals surface area contributed by atoms with E-state index in [1.54, 1.807) is 0 Å². The standard InChI is InChI=1S/C21H26N2O2/c22-13-17-10-6-11-19(17)21(24)23-14-18-9-4-5-12-20(18)25-15-16-7-2-1-3-8-16/h1-5,7-9,12,17,19H,6,10-11,13-15,22H2,(H,23,24)/t17-,19-/m1/s1. The van der Waals surface area contributed by atoms with Crippen LogP contribution in [0.4, 0.5) is 0 Å². The highest BCUT2D eigenvalue weighted by Gasteiger charge is 2.31. The number of hydrogen-bond donors (Lipinski definition) is 2. The molecular weight excluding hydrogens is 312 g/mol. The van der Waals surface area contributed by atoms with E-state index in [-0.39, 0.29) is 11.8 Å². The lowest BCUT2D eigenvalue weighted by Gasteiger charge is -2.18. The van der Waals surface area contributed by atoms with Crippen molar-refractivity contribution < 1.29 is 9.53 Å². The van der Waals surface area contributed by atoms with Crippen LogP contribution in [0.1, 0.15) is 30.4 Å². The molecule has 4 heteroatoms. The number of carbonyl (C=O) groups is 1. The molecule has 3 N–H and O–H groups in total. The third-order valence-electron chi connectivity index (χ3n) is 4.96. The van der Waals surface area contributed by atoms with Gasteiger partial charge in [-0.15, -0.1) is 0 Å². The number of hydrogen-bond acceptors (Lipinski definition) is 3. The summed E-state index contributed by atoms with van der Waals surface area (Å²) in [6.45, 7) is 1.59. The van der Waals surface area contributed by atoms with E-state index in [4.69, 9.17) is 10.5 Å². The predicted octanol–water partition coefficient (Wildman–Crippen LogP) is 3.26. The molecule has 0 bridgehead atoms. The molecule has 1 saturated carbocycles. The van der Waals surface area contributed by atoms with Crippen LogP contribution in [-0.4, -0.2) is 12.5 Å². The molecule has 0 radical (unpaired) electrons. The zero-order valence-electron chi connectivity index (χ0n) is 14.5. The number of benzene rings is 2. The molecule has 1 amide bonds. The first-order chi connectivity index (χ1) is 12.3. The second-order valence-corrected chi connectivity index (χ2v) is 6.63. The van der Waals surface area contributed by atoms with Crippen LogP contribution in [0, 0.1) is 11.8 Å². The molecule has 132 valence electrons. The Morgan fingerprint density at radius 3 is 2.64 bits per heavy atom. The van der Waals surface area contributed by atoms with Gasteiger partial charge in [-0.25, -0.2) is 0 Å². The molecule has 2 aromatic carbocycles. The second kappa shape index (κ2) is 8.67. The maximum Gasteiger partial charge on any atom is 0.223 e. The molecule has 0 aliphatic heterocycles. The fourth-order valence-electron chi connectivity index (χ4n) is 3.50. The zero-order valence-corrected chi connectivity index (χ0v) is 14.5. The van der Waals surface area contributed by atoms with E-state index in [9.17, 15) is 4.79 Å². The number of nitrogens with two attached hydrogens (primary N) is 1. The van der Waals surface area contributed by atoms with Crippen molar-refractivity contribution in [2.75, 3.05) is 6.54 Å². The highest BCUT2D eigenvalue weighted by Crippen LogP contribution is 2.31. The third-order valence-corrected chi connectivity index (χ3v) is 4.96. The molecule has 3 rings (SSSR count). The summed E-state index contributed by atoms with van der Waals surface area (Å²) in [7, 11) is 0. The normalized spacial score (nSPS) is 19.6. The van der Waals surface area contributed by atoms with Crippen molar-refractivity contribution in [1.82, 2.24) is 5.32 Å². The number of para-hydroxylation sites is 1. The van der Waals surface area contributed by atoms with E-state index < -0.39 is 0 Å². The van der Waals surface area contributed by atoms with Gasteiger partial charge in [0.15, 0.2) is 0 Å². The largest absolute Gasteiger partial charge is 0.489 e. The summed E-state index contributed by atoms with van der Waals surface area (Å²) in [5.74, 6) is 1.31. The molecular formula is C21H26N2O2. The topological polar surface area (TPSA) is 64.4 Å². The van der Waals surface area contributed by atoms with Crippen molar-refractivity contribution >= 4 is 5.91 Å². The minimum atomic E-state index is 0.0578. The zero-order chi connectivity index (χ0) is 17.5. The maximum atomic E-state index is 12.5. The molecule has 0 heterocycles. The monoisotopic (exact) mass is 338 g/mol. The van der Waals surface area contributed by atoms with Crippen molar-refractivity contribution in [1.29, 1.82) is 0 Å². The summed E-state index contributed by atoms with van der Waals surface area (Å²) in [5, 5.41) is 3.07. The average Bonchev–Trinajstić information content (AvgIpc) is 3.15. The fourth-order valence-corrected chi connectivity index (χ4v) is 3.50. The smallest absolute Gasteiger partial charge is 0.223 e. The van der Waals surface area contributed by atoms with Crippen molar-refractivity contribution in [2.24, 2.45) is 17.6 Å². The molecule has 0 unspecified atom stereocenters. The summed E-state index contributed by atoms with van der Waals surface area (Å²) in [6, 6.07) is 17.9. The van der Waals surface area contributed by atoms with Gasteiger partial charge in [0.1, 0.15) is 12.4 Å². The van der Waals surface area contributed by atoms with E-state index in [0.717, 1.165) is 36.1 Å². The van der Waals surface area contributed by atoms with Crippen LogP contribution in [-0.2, 0) is 17.9 Å². The fraction of sp³-hybridized carbons (Fsp3) is 0.381. The Bertz CT molecular complexity index is 687. The number of carbonyl (C=O) groups excluding carboxylic acids is 1. The van der Waals surface area contributed by atoms with Gasteiger partial charge in [0.05, 0.1) is 0 Å². The Morgan fingerprint density at radius 2 is 1.84 bits per heavy atom. The van der Waals surface area contributed by atoms with Gasteiger partial charge in [-0.05, 0) is 36.9 Å². The van der Waals surface area contributed by atoms with Gasteiger partial charge in [0, 0.05) is 18.0 Å². The first-order valence-electron chi connectivity index (χ1n) is 9.00. The van der Waals surface area contributed by atoms with Gasteiger partial charge in [-0.3, -0.25) is 4.79 Å². The summed E-state index contributed by atoms with van der Waals surface area (Å²) in [6.07, 6.45) is 3.10. The van der Waals surface area contributed by atoms with E-state index in [0.29, 0.717) is 25.6 Å². The maximum absolute atomic E-state index is 12.5. The van der Waals surface area contributed by atoms with Crippen molar-refractivity contribution in [3.05, 3.63) is 65.7 Å². The van der Waals surface area contributed by atoms with E-state index in [1.807, 2.05) is 54.6 Å². The molecule has 1 aliphatic carbocycles. The Labute approximate surface area is 149 Å². The van der Waals surface area contributed by atoms with Crippen molar-refractivity contribution in [2.45, 2.75) is 32.4 Å². The lowest BCUT2D eigenvalue weighted by Crippen LogP contribution is -2.34. The van der Waals surface area contributed by atoms with Crippen LogP contribution >= 0.6 is 0 Å². The van der Waals surface area contributed by atoms with E-state index >= 15 is 0 Å². The van der Waals surface area contributed by atoms with Crippen LogP contribution in [0.2, 0.25) is 0 Å². The second-order valence-electron chi connectivity index (χ2n) is 6.63. The first-order valence-corrected chi connectivity index (χ1v) is 9.00. The predicted molar refractivity (Wildman–Crippen MR) is 98.9 cm³/mol. The van der Waals surface area contributed by atoms with Gasteiger partial charge >= 0.3 is 0 Å². The lowest BCUT2D eigenvalue weighted by molar-refractivity contribution is -0.126. The summed E-state index contributed by atoms with van der Waals surface area (Å²) in [4.78, 5) is 12.5. The number of amides is 1. The Hall–Kier alpha value is -2.33. The summed E-state index contributed by atoms with van der Waals surface area (Å²) < 4.78 is 5.95. The lowest BCUT2D eigenvalue weighted by atomic mass is 9.95. The summed E-state index contributed by atoms with van der Waals surface area (Å²) >= 11 is 0. The number of ether oxygens (including phenoxy) is 1. The van der Waals surface area contributed by atoms with Gasteiger partial charge in [-0.1, -0.05) is 55.0 Å². The molecule has 0 saturated heterocycles. The highest BCUT2D eigenvalue weighted by atomic mass is 16.5. The number of nitrogens with one attached hydrogen (secondary N) is 1. The van der Waals surface area contributed by atoms with Crippen LogP contribution in [0.15, 0.2) is 54.6 Å². The molecule has 0 aromatic heterocycles. The molecule has 0 spiro atoms. The molecule has 1 aliphatic rings. The highest BCUT2D eigenvalue weighted by molar-refractivity contribution is 5.79. The first kappa shape index (κ1) is 17.5. The quantitative estimate of drug-likeness (QED) is 0.814. The van der Waals surface area contributed by atoms with E-state index in [2.05, 4.69) is 5.32 Å². The van der Waals surface area contributed by atoms with Crippen LogP contribution in [0.3, 0.4) is 0 Å². The van der Waals surface area contributed by atoms with Gasteiger partial charge in [0.25, 0.3) is 0 Å². The minimum Gasteiger partial charge on any atom is -0.489 e. The molecule has 1 fully saturated rings. The van der Waals surface area contributed by atoms with Crippen LogP contribution in [0.5, 0.6) is 5.75 Å². The minimum absolute atomic E-state index is 0.0578. The molecule has 2 atom stereocenters. The van der Waals surface area contributed by atoms with Crippen molar-refractivity contribution in [3.63, 3.8) is 0 Å². The molecule has 4 nitrogen and oxygen atoms in total. The molecule has 2 aromatic rings. The van der Waals surface area contributed by atoms with Crippen LogP contribution in [0.25, 0.3) is 0 Å². The van der Waals surface area contributed by atoms with Gasteiger partial charge < -0.3 is 15.8 Å². The third kappa shape index (κ3) is 4.60. The van der Waals surface area contributed by atoms with Gasteiger partial charge in [0.2, 0.25) is 5.91 Å². The van der Waals surface area contributed by atoms with Gasteiger partial charge in [-0.2, -0.15) is 0 Å². The summed E-state index contributed by atoms with van der Waals surface area (Å²) in [5.41, 5.74) is 7.91. The Kier molecular flexibility index (Phi) is 6.07. The van der Waals surface area contributed by atoms with E-state index in [1.165, 1.54) is 0 Å². The number of rotatable bonds is 7. The SMILES string of the molecule is NC[C@H]1CCC[C@H]1C(=O)NCc1ccccc1OCc1ccccc1. The Balaban J connectivity index is 1.58. The Morgan fingerprint density at radius 1 is 1.08 bits per heavy atom. The molecule has 25 heavy (non-hydrogen) atoms.